The number of fused-ring (bicyclic) bond motifs is 3. The first-order valence-electron chi connectivity index (χ1n) is 9.94. The van der Waals surface area contributed by atoms with Crippen LogP contribution in [0.4, 0.5) is 5.82 Å². The van der Waals surface area contributed by atoms with Gasteiger partial charge in [0.1, 0.15) is 11.9 Å². The van der Waals surface area contributed by atoms with Gasteiger partial charge in [-0.2, -0.15) is 5.26 Å². The lowest BCUT2D eigenvalue weighted by Crippen LogP contribution is -2.56. The summed E-state index contributed by atoms with van der Waals surface area (Å²) in [4.78, 5) is 9.56. The van der Waals surface area contributed by atoms with Crippen LogP contribution in [-0.4, -0.2) is 41.1 Å². The molecular weight excluding hydrogens is 358 g/mol. The van der Waals surface area contributed by atoms with Crippen LogP contribution in [0, 0.1) is 18.3 Å². The fraction of sp³-hybridized carbons (Fsp3) is 0.250. The average molecular weight is 381 g/mol. The summed E-state index contributed by atoms with van der Waals surface area (Å²) < 4.78 is 2.19. The van der Waals surface area contributed by atoms with Crippen LogP contribution in [-0.2, 0) is 0 Å². The zero-order chi connectivity index (χ0) is 20.1. The standard InChI is InChI=1S/C24H23N5/c1-16-18(15-25)23-26-19-11-7-8-12-20(19)29(23)24(28-14-13-21(28)27(2)3)22(16)17-9-5-4-6-10-17/h4-12,21H,13-14H2,1-3H3. The van der Waals surface area contributed by atoms with E-state index in [1.54, 1.807) is 0 Å². The van der Waals surface area contributed by atoms with E-state index in [0.29, 0.717) is 11.7 Å². The summed E-state index contributed by atoms with van der Waals surface area (Å²) in [6.07, 6.45) is 1.45. The van der Waals surface area contributed by atoms with Crippen molar-refractivity contribution in [1.82, 2.24) is 14.3 Å². The number of nitrogens with zero attached hydrogens (tertiary/aromatic N) is 5. The van der Waals surface area contributed by atoms with Crippen molar-refractivity contribution in [3.63, 3.8) is 0 Å². The summed E-state index contributed by atoms with van der Waals surface area (Å²) >= 11 is 0. The average Bonchev–Trinajstić information content (AvgIpc) is 3.06. The third kappa shape index (κ3) is 2.53. The number of hydrogen-bond acceptors (Lipinski definition) is 4. The van der Waals surface area contributed by atoms with Crippen LogP contribution in [0.25, 0.3) is 27.8 Å². The summed E-state index contributed by atoms with van der Waals surface area (Å²) in [6.45, 7) is 3.03. The molecule has 1 fully saturated rings. The van der Waals surface area contributed by atoms with Gasteiger partial charge in [0.2, 0.25) is 0 Å². The summed E-state index contributed by atoms with van der Waals surface area (Å²) in [5.41, 5.74) is 6.56. The van der Waals surface area contributed by atoms with E-state index in [1.165, 1.54) is 0 Å². The molecule has 1 aliphatic rings. The number of anilines is 1. The molecule has 0 spiro atoms. The quantitative estimate of drug-likeness (QED) is 0.527. The SMILES string of the molecule is Cc1c(-c2ccccc2)c(N2CCC2N(C)C)n2c(nc3ccccc32)c1C#N. The third-order valence-electron chi connectivity index (χ3n) is 6.00. The third-order valence-corrected chi connectivity index (χ3v) is 6.00. The van der Waals surface area contributed by atoms with Crippen molar-refractivity contribution in [3.05, 3.63) is 65.7 Å². The van der Waals surface area contributed by atoms with Crippen molar-refractivity contribution in [2.24, 2.45) is 0 Å². The van der Waals surface area contributed by atoms with Gasteiger partial charge in [-0.15, -0.1) is 0 Å². The van der Waals surface area contributed by atoms with Crippen LogP contribution in [0.3, 0.4) is 0 Å². The molecule has 2 aromatic carbocycles. The Hall–Kier alpha value is -3.36. The highest BCUT2D eigenvalue weighted by Crippen LogP contribution is 2.42. The summed E-state index contributed by atoms with van der Waals surface area (Å²) in [5, 5.41) is 10.0. The Labute approximate surface area is 170 Å². The molecule has 0 aliphatic carbocycles. The number of nitriles is 1. The largest absolute Gasteiger partial charge is 0.341 e. The molecule has 0 radical (unpaired) electrons. The second-order valence-electron chi connectivity index (χ2n) is 7.86. The van der Waals surface area contributed by atoms with Crippen molar-refractivity contribution in [2.45, 2.75) is 19.5 Å². The minimum Gasteiger partial charge on any atom is -0.341 e. The Morgan fingerprint density at radius 1 is 1.07 bits per heavy atom. The van der Waals surface area contributed by atoms with E-state index in [1.807, 2.05) is 31.2 Å². The lowest BCUT2D eigenvalue weighted by Gasteiger charge is -2.47. The highest BCUT2D eigenvalue weighted by molar-refractivity contribution is 5.92. The molecule has 0 bridgehead atoms. The zero-order valence-corrected chi connectivity index (χ0v) is 16.9. The molecule has 0 saturated carbocycles. The monoisotopic (exact) mass is 381 g/mol. The van der Waals surface area contributed by atoms with E-state index in [0.717, 1.165) is 52.2 Å². The van der Waals surface area contributed by atoms with Gasteiger partial charge in [-0.05, 0) is 50.7 Å². The number of imidazole rings is 1. The fourth-order valence-corrected chi connectivity index (χ4v) is 4.49. The first-order valence-corrected chi connectivity index (χ1v) is 9.94. The Bertz CT molecular complexity index is 1260. The van der Waals surface area contributed by atoms with Crippen LogP contribution in [0.5, 0.6) is 0 Å². The number of rotatable bonds is 3. The second kappa shape index (κ2) is 6.61. The van der Waals surface area contributed by atoms with Crippen molar-refractivity contribution < 1.29 is 0 Å². The number of para-hydroxylation sites is 2. The molecular formula is C24H23N5. The number of benzene rings is 2. The van der Waals surface area contributed by atoms with Gasteiger partial charge in [0, 0.05) is 12.1 Å². The van der Waals surface area contributed by atoms with Gasteiger partial charge >= 0.3 is 0 Å². The van der Waals surface area contributed by atoms with Crippen molar-refractivity contribution in [2.75, 3.05) is 25.5 Å². The Morgan fingerprint density at radius 2 is 1.79 bits per heavy atom. The number of pyridine rings is 1. The van der Waals surface area contributed by atoms with Crippen LogP contribution >= 0.6 is 0 Å². The minimum atomic E-state index is 0.328. The van der Waals surface area contributed by atoms with Gasteiger partial charge < -0.3 is 4.90 Å². The molecule has 29 heavy (non-hydrogen) atoms. The van der Waals surface area contributed by atoms with Crippen LogP contribution in [0.2, 0.25) is 0 Å². The topological polar surface area (TPSA) is 47.6 Å². The van der Waals surface area contributed by atoms with Gasteiger partial charge in [0.25, 0.3) is 0 Å². The Kier molecular flexibility index (Phi) is 4.04. The van der Waals surface area contributed by atoms with E-state index >= 15 is 0 Å². The molecule has 1 saturated heterocycles. The second-order valence-corrected chi connectivity index (χ2v) is 7.86. The van der Waals surface area contributed by atoms with Crippen LogP contribution in [0.15, 0.2) is 54.6 Å². The highest BCUT2D eigenvalue weighted by Gasteiger charge is 2.35. The first-order chi connectivity index (χ1) is 14.1. The maximum Gasteiger partial charge on any atom is 0.157 e. The lowest BCUT2D eigenvalue weighted by atomic mass is 9.95. The zero-order valence-electron chi connectivity index (χ0n) is 16.9. The molecule has 5 nitrogen and oxygen atoms in total. The van der Waals surface area contributed by atoms with E-state index in [2.05, 4.69) is 64.7 Å². The molecule has 1 atom stereocenters. The number of aromatic nitrogens is 2. The summed E-state index contributed by atoms with van der Waals surface area (Å²) in [5.74, 6) is 1.13. The smallest absolute Gasteiger partial charge is 0.157 e. The van der Waals surface area contributed by atoms with Gasteiger partial charge in [-0.1, -0.05) is 42.5 Å². The molecule has 5 heteroatoms. The van der Waals surface area contributed by atoms with Crippen LogP contribution in [0.1, 0.15) is 17.5 Å². The molecule has 5 rings (SSSR count). The van der Waals surface area contributed by atoms with E-state index < -0.39 is 0 Å². The maximum absolute atomic E-state index is 10.0. The predicted molar refractivity (Wildman–Crippen MR) is 117 cm³/mol. The van der Waals surface area contributed by atoms with Crippen molar-refractivity contribution >= 4 is 22.5 Å². The molecule has 0 N–H and O–H groups in total. The summed E-state index contributed by atoms with van der Waals surface area (Å²) in [7, 11) is 4.25. The molecule has 1 unspecified atom stereocenters. The fourth-order valence-electron chi connectivity index (χ4n) is 4.49. The Balaban J connectivity index is 1.97. The minimum absolute atomic E-state index is 0.328. The molecule has 2 aromatic heterocycles. The highest BCUT2D eigenvalue weighted by atomic mass is 15.4. The summed E-state index contributed by atoms with van der Waals surface area (Å²) in [6, 6.07) is 21.0. The molecule has 3 heterocycles. The maximum atomic E-state index is 10.0. The van der Waals surface area contributed by atoms with Gasteiger partial charge in [0.05, 0.1) is 22.8 Å². The molecule has 4 aromatic rings. The van der Waals surface area contributed by atoms with Crippen molar-refractivity contribution in [3.8, 4) is 17.2 Å². The van der Waals surface area contributed by atoms with Gasteiger partial charge in [0.15, 0.2) is 5.65 Å². The van der Waals surface area contributed by atoms with Gasteiger partial charge in [-0.3, -0.25) is 9.30 Å². The molecule has 144 valence electrons. The number of hydrogen-bond donors (Lipinski definition) is 0. The van der Waals surface area contributed by atoms with E-state index in [4.69, 9.17) is 4.98 Å². The van der Waals surface area contributed by atoms with Gasteiger partial charge in [-0.25, -0.2) is 4.98 Å². The van der Waals surface area contributed by atoms with Crippen LogP contribution < -0.4 is 4.90 Å². The molecule has 1 aliphatic heterocycles. The van der Waals surface area contributed by atoms with Crippen molar-refractivity contribution in [1.29, 1.82) is 5.26 Å². The first kappa shape index (κ1) is 17.7. The lowest BCUT2D eigenvalue weighted by molar-refractivity contribution is 0.214. The Morgan fingerprint density at radius 3 is 2.45 bits per heavy atom. The van der Waals surface area contributed by atoms with E-state index in [-0.39, 0.29) is 0 Å². The predicted octanol–water partition coefficient (Wildman–Crippen LogP) is 4.43. The van der Waals surface area contributed by atoms with E-state index in [9.17, 15) is 5.26 Å². The molecule has 0 amide bonds. The normalized spacial score (nSPS) is 16.4.